The Balaban J connectivity index is 0.979. The first-order valence-electron chi connectivity index (χ1n) is 45.0. The molecule has 141 heavy (non-hydrogen) atoms. The molecule has 0 aromatic rings. The molecule has 8 aliphatic rings. The topological polar surface area (TPSA) is 937 Å². The van der Waals surface area contributed by atoms with Gasteiger partial charge in [0.25, 0.3) is 11.6 Å². The molecule has 8 fully saturated rings. The Hall–Kier alpha value is -7.80. The third-order valence-electron chi connectivity index (χ3n) is 24.2. The molecule has 8 saturated heterocycles. The summed E-state index contributed by atoms with van der Waals surface area (Å²) in [6.45, 7) is 3.71. The highest BCUT2D eigenvalue weighted by Crippen LogP contribution is 2.43. The number of esters is 1. The number of rotatable bonds is 43. The monoisotopic (exact) mass is 2050 g/mol. The third-order valence-corrected chi connectivity index (χ3v) is 24.2. The largest absolute Gasteiger partial charge is 0.477 e. The van der Waals surface area contributed by atoms with Gasteiger partial charge in [-0.25, -0.2) is 14.4 Å². The molecule has 33 N–H and O–H groups in total. The van der Waals surface area contributed by atoms with Gasteiger partial charge < -0.3 is 241 Å². The van der Waals surface area contributed by atoms with Crippen LogP contribution in [-0.4, -0.2) is 514 Å². The zero-order valence-electron chi connectivity index (χ0n) is 77.9. The number of aliphatic carboxylic acids is 2. The Morgan fingerprint density at radius 2 is 0.745 bits per heavy atom. The number of aliphatic hydroxyl groups excluding tert-OH is 22. The van der Waals surface area contributed by atoms with Gasteiger partial charge in [0.15, 0.2) is 37.6 Å². The highest BCUT2D eigenvalue weighted by Gasteiger charge is 2.65. The van der Waals surface area contributed by atoms with Crippen LogP contribution in [0.4, 0.5) is 0 Å². The molecule has 0 radical (unpaired) electrons. The number of carbonyl (C=O) groups excluding carboxylic acids is 10. The van der Waals surface area contributed by atoms with Gasteiger partial charge in [-0.3, -0.25) is 43.2 Å². The predicted molar refractivity (Wildman–Crippen MR) is 449 cm³/mol. The van der Waals surface area contributed by atoms with E-state index < -0.39 is 417 Å². The first-order valence-corrected chi connectivity index (χ1v) is 45.0. The van der Waals surface area contributed by atoms with Crippen LogP contribution in [0.1, 0.15) is 114 Å². The molecule has 0 unspecified atom stereocenters. The van der Waals surface area contributed by atoms with Gasteiger partial charge in [-0.1, -0.05) is 0 Å². The lowest BCUT2D eigenvalue weighted by Gasteiger charge is -2.52. The Kier molecular flexibility index (Phi) is 43.3. The molecule has 9 amide bonds. The maximum Gasteiger partial charge on any atom is 0.364 e. The van der Waals surface area contributed by atoms with E-state index >= 15 is 0 Å². The van der Waals surface area contributed by atoms with Gasteiger partial charge in [0, 0.05) is 60.4 Å². The second-order valence-electron chi connectivity index (χ2n) is 36.3. The van der Waals surface area contributed by atoms with Gasteiger partial charge in [0.05, 0.1) is 89.0 Å². The van der Waals surface area contributed by atoms with Gasteiger partial charge in [-0.2, -0.15) is 0 Å². The summed E-state index contributed by atoms with van der Waals surface area (Å²) in [5.41, 5.74) is -1.33. The molecule has 0 bridgehead atoms. The van der Waals surface area contributed by atoms with Crippen LogP contribution in [0.5, 0.6) is 0 Å². The lowest BCUT2D eigenvalue weighted by atomic mass is 9.88. The second kappa shape index (κ2) is 51.5. The zero-order valence-corrected chi connectivity index (χ0v) is 77.9. The fourth-order valence-corrected chi connectivity index (χ4v) is 17.1. The van der Waals surface area contributed by atoms with Crippen molar-refractivity contribution in [1.29, 1.82) is 0 Å². The Morgan fingerprint density at radius 3 is 1.09 bits per heavy atom. The maximum absolute atomic E-state index is 14.6. The van der Waals surface area contributed by atoms with Gasteiger partial charge in [0.1, 0.15) is 188 Å². The molecule has 0 aromatic heterocycles. The third kappa shape index (κ3) is 29.6. The number of nitrogens with one attached hydrogen (secondary N) is 9. The number of unbranched alkanes of at least 4 members (excludes halogenated alkanes) is 1. The molecule has 0 saturated carbocycles. The standard InChI is InChI=1S/C81H133N9O51/c1-25-49(109)55(115)57(117)73(127-25)135-65-47(86-30(6)100)70(129-40(23-95)61(65)133-75-59(119)67(53(113)38(21-93)131-75)139-80(77(123)124)17-34(102)45(84-28(4)98)63(137-80)51(111)36(104)19-91)89-43(107)15-32(83-27(3)97)69(121)82-14-12-11-13-42(106)88-33(72(122)141-79(8,9)10)16-44(108)90-71-48(87-31(7)101)66(136-74-58(118)56(116)50(110)26(2)128-74)62(41(24-96)130-71)134-76-60(120)68(54(114)39(22-94)132-76)140-81(78(125)126)18-35(103)46(85-29(5)99)64(138-81)52(112)37(105)20-92/h25-26,32-41,45-68,70-71,73-76,91-96,102-105,109-120H,11-24H2,1-10H3,(H,82,121)(H,83,97)(H,84,98)(H,85,99)(H,86,100)(H,87,101)(H,88,106)(H,89,107)(H,90,108)(H,123,124)(H,125,126)/t25-,26-,32-,33-,34-,35-,36+,37+,38+,39+,40+,41+,45+,46+,47+,48+,49+,50+,51+,52+,53-,54-,55+,56+,57-,58-,59+,60+,61+,62+,63+,64+,65+,66+,67-,68-,70+,71+,73-,74-,75-,76-,80-,81-/m0/s1. The molecule has 8 heterocycles. The van der Waals surface area contributed by atoms with Crippen LogP contribution in [-0.2, 0) is 129 Å². The van der Waals surface area contributed by atoms with Gasteiger partial charge in [0.2, 0.25) is 53.2 Å². The number of carboxylic acid groups (broad SMARTS) is 2. The lowest BCUT2D eigenvalue weighted by Crippen LogP contribution is -2.72. The summed E-state index contributed by atoms with van der Waals surface area (Å²) in [5.74, 6) is -21.3. The SMILES string of the molecule is CC(=O)N[C@@H]1[C@@H](O[C@@H]2O[C@@H](C)[C@@H](O)[C@@H](O)[C@@H]2O)[C@H](O[C@@H]2O[C@H](CO)[C@H](O)[C@H](O[C@]3(C(=O)O)C[C@H](O)[C@@H](NC(C)=O)[C@H]([C@H](O)[C@H](O)CO)O3)[C@H]2O)[C@@H](CO)O[C@H]1NC(=O)C[C@H](NC(C)=O)C(=O)NCCCCC(=O)N[C@@H](CC(=O)N[C@@H]1O[C@H](CO)[C@@H](O[C@@H]2O[C@H](CO)[C@H](O)[C@H](O[C@]3(C(=O)O)C[C@H](O)[C@@H](NC(C)=O)[C@H]([C@H](O)[C@H](O)CO)O3)[C@H]2O)[C@H](O[C@@H]2O[C@@H](C)[C@@H](O)[C@@H](O)[C@@H]2O)[C@H]1NC(C)=O)C(=O)OC(C)(C)C. The van der Waals surface area contributed by atoms with Crippen LogP contribution in [0.2, 0.25) is 0 Å². The highest BCUT2D eigenvalue weighted by atomic mass is 16.8. The smallest absolute Gasteiger partial charge is 0.364 e. The average molecular weight is 2050 g/mol. The van der Waals surface area contributed by atoms with E-state index in [2.05, 4.69) is 47.9 Å². The maximum atomic E-state index is 14.6. The van der Waals surface area contributed by atoms with E-state index in [1.54, 1.807) is 0 Å². The molecule has 60 heteroatoms. The first-order chi connectivity index (χ1) is 65.9. The number of amides is 9. The van der Waals surface area contributed by atoms with Crippen molar-refractivity contribution in [1.82, 2.24) is 47.9 Å². The van der Waals surface area contributed by atoms with E-state index in [0.717, 1.165) is 34.6 Å². The molecular weight excluding hydrogens is 1910 g/mol. The number of aliphatic hydroxyl groups is 22. The van der Waals surface area contributed by atoms with Crippen molar-refractivity contribution in [3.05, 3.63) is 0 Å². The minimum absolute atomic E-state index is 0.121. The minimum Gasteiger partial charge on any atom is -0.477 e. The zero-order chi connectivity index (χ0) is 106. The summed E-state index contributed by atoms with van der Waals surface area (Å²) in [7, 11) is 0. The summed E-state index contributed by atoms with van der Waals surface area (Å²) in [6, 6.07) is -11.1. The summed E-state index contributed by atoms with van der Waals surface area (Å²) in [5, 5.41) is 285. The second-order valence-corrected chi connectivity index (χ2v) is 36.3. The van der Waals surface area contributed by atoms with E-state index in [0.29, 0.717) is 0 Å². The van der Waals surface area contributed by atoms with Gasteiger partial charge in [-0.15, -0.1) is 0 Å². The Morgan fingerprint density at radius 1 is 0.390 bits per heavy atom. The molecule has 44 atom stereocenters. The molecule has 8 aliphatic heterocycles. The molecule has 0 spiro atoms. The van der Waals surface area contributed by atoms with Crippen molar-refractivity contribution in [3.63, 3.8) is 0 Å². The minimum atomic E-state index is -3.32. The van der Waals surface area contributed by atoms with Crippen molar-refractivity contribution in [2.75, 3.05) is 46.2 Å². The van der Waals surface area contributed by atoms with Crippen LogP contribution in [0, 0.1) is 0 Å². The van der Waals surface area contributed by atoms with Crippen molar-refractivity contribution in [3.8, 4) is 0 Å². The normalized spacial score (nSPS) is 39.1. The van der Waals surface area contributed by atoms with Crippen LogP contribution >= 0.6 is 0 Å². The number of carboxylic acids is 2. The van der Waals surface area contributed by atoms with Crippen molar-refractivity contribution >= 4 is 71.1 Å². The van der Waals surface area contributed by atoms with Gasteiger partial charge in [-0.05, 0) is 47.5 Å². The number of ether oxygens (including phenoxy) is 15. The van der Waals surface area contributed by atoms with Crippen LogP contribution in [0.15, 0.2) is 0 Å². The number of carbonyl (C=O) groups is 12. The predicted octanol–water partition coefficient (Wildman–Crippen LogP) is -18.8. The van der Waals surface area contributed by atoms with E-state index in [1.807, 2.05) is 0 Å². The fourth-order valence-electron chi connectivity index (χ4n) is 17.1. The molecule has 60 nitrogen and oxygen atoms in total. The van der Waals surface area contributed by atoms with E-state index in [1.165, 1.54) is 34.6 Å². The van der Waals surface area contributed by atoms with E-state index in [4.69, 9.17) is 71.1 Å². The van der Waals surface area contributed by atoms with Crippen LogP contribution < -0.4 is 47.9 Å². The molecule has 808 valence electrons. The molecule has 8 rings (SSSR count). The summed E-state index contributed by atoms with van der Waals surface area (Å²) in [4.78, 5) is 162. The Labute approximate surface area is 802 Å². The lowest BCUT2D eigenvalue weighted by molar-refractivity contribution is -0.386. The van der Waals surface area contributed by atoms with Crippen molar-refractivity contribution in [2.45, 2.75) is 388 Å². The fraction of sp³-hybridized carbons (Fsp3) is 0.852. The highest BCUT2D eigenvalue weighted by molar-refractivity contribution is 5.92. The molecule has 0 aromatic carbocycles. The van der Waals surface area contributed by atoms with E-state index in [9.17, 15) is 180 Å². The Bertz CT molecular complexity index is 4180. The first kappa shape index (κ1) is 118. The van der Waals surface area contributed by atoms with Crippen LogP contribution in [0.3, 0.4) is 0 Å². The summed E-state index contributed by atoms with van der Waals surface area (Å²) in [6.07, 6.45) is -81.7. The average Bonchev–Trinajstić information content (AvgIpc) is 0.752. The molecule has 0 aliphatic carbocycles. The quantitative estimate of drug-likeness (QED) is 0.0199. The summed E-state index contributed by atoms with van der Waals surface area (Å²) >= 11 is 0. The summed E-state index contributed by atoms with van der Waals surface area (Å²) < 4.78 is 88.7. The van der Waals surface area contributed by atoms with Gasteiger partial charge >= 0.3 is 17.9 Å². The van der Waals surface area contributed by atoms with Crippen molar-refractivity contribution in [2.24, 2.45) is 0 Å². The number of hydrogen-bond acceptors (Lipinski definition) is 49. The van der Waals surface area contributed by atoms with Crippen LogP contribution in [0.25, 0.3) is 0 Å². The van der Waals surface area contributed by atoms with Crippen molar-refractivity contribution < 1.29 is 251 Å². The van der Waals surface area contributed by atoms with E-state index in [-0.39, 0.29) is 19.4 Å². The molecular formula is C81H133N9O51. The number of hydrogen-bond donors (Lipinski definition) is 33.